The molecule has 0 saturated heterocycles. The normalized spacial score (nSPS) is 30.7. The lowest BCUT2D eigenvalue weighted by Gasteiger charge is -2.19. The zero-order valence-electron chi connectivity index (χ0n) is 5.35. The highest BCUT2D eigenvalue weighted by Crippen LogP contribution is 2.48. The van der Waals surface area contributed by atoms with Crippen LogP contribution in [0.1, 0.15) is 0 Å². The number of halogens is 4. The molecule has 1 aliphatic heterocycles. The fourth-order valence-electron chi connectivity index (χ4n) is 0.562. The van der Waals surface area contributed by atoms with E-state index in [1.165, 1.54) is 0 Å². The summed E-state index contributed by atoms with van der Waals surface area (Å²) in [5.41, 5.74) is 4.86. The van der Waals surface area contributed by atoms with Gasteiger partial charge in [0.2, 0.25) is 0 Å². The van der Waals surface area contributed by atoms with Crippen molar-refractivity contribution in [3.63, 3.8) is 0 Å². The van der Waals surface area contributed by atoms with Gasteiger partial charge in [-0.1, -0.05) is 0 Å². The SMILES string of the molecule is NC1=NC(=O)C(F)(C(F)(F)Cl)S1. The first kappa shape index (κ1) is 9.66. The Hall–Kier alpha value is -0.430. The van der Waals surface area contributed by atoms with E-state index < -0.39 is 21.5 Å². The molecule has 0 bridgehead atoms. The van der Waals surface area contributed by atoms with E-state index in [1.807, 2.05) is 0 Å². The van der Waals surface area contributed by atoms with Crippen LogP contribution in [0.25, 0.3) is 0 Å². The molecular formula is C4H2ClF3N2OS. The average Bonchev–Trinajstić information content (AvgIpc) is 2.06. The van der Waals surface area contributed by atoms with E-state index in [0.29, 0.717) is 0 Å². The van der Waals surface area contributed by atoms with Crippen molar-refractivity contribution in [2.24, 2.45) is 10.7 Å². The lowest BCUT2D eigenvalue weighted by molar-refractivity contribution is -0.133. The summed E-state index contributed by atoms with van der Waals surface area (Å²) in [6.45, 7) is 0. The molecule has 0 aromatic heterocycles. The molecule has 1 unspecified atom stereocenters. The smallest absolute Gasteiger partial charge is 0.374 e. The molecule has 68 valence electrons. The van der Waals surface area contributed by atoms with Gasteiger partial charge in [0, 0.05) is 0 Å². The van der Waals surface area contributed by atoms with Crippen LogP contribution in [0, 0.1) is 0 Å². The third-order valence-electron chi connectivity index (χ3n) is 1.10. The van der Waals surface area contributed by atoms with Crippen LogP contribution in [0.4, 0.5) is 13.2 Å². The second-order valence-electron chi connectivity index (χ2n) is 1.95. The van der Waals surface area contributed by atoms with E-state index in [1.54, 1.807) is 0 Å². The van der Waals surface area contributed by atoms with E-state index in [-0.39, 0.29) is 11.8 Å². The molecular weight excluding hydrogens is 217 g/mol. The van der Waals surface area contributed by atoms with E-state index in [4.69, 9.17) is 5.73 Å². The predicted molar refractivity (Wildman–Crippen MR) is 38.9 cm³/mol. The second-order valence-corrected chi connectivity index (χ2v) is 3.61. The van der Waals surface area contributed by atoms with Crippen molar-refractivity contribution in [1.82, 2.24) is 0 Å². The number of carbonyl (C=O) groups excluding carboxylic acids is 1. The van der Waals surface area contributed by atoms with E-state index >= 15 is 0 Å². The number of nitrogens with zero attached hydrogens (tertiary/aromatic N) is 1. The standard InChI is InChI=1S/C4H2ClF3N2OS/c5-4(7,8)3(6)1(11)10-2(9)12-3/h(H2,9,10,11). The maximum atomic E-state index is 13.0. The number of amidine groups is 1. The van der Waals surface area contributed by atoms with Crippen LogP contribution >= 0.6 is 23.4 Å². The van der Waals surface area contributed by atoms with Crippen molar-refractivity contribution in [2.45, 2.75) is 10.4 Å². The third-order valence-corrected chi connectivity index (χ3v) is 2.48. The average molecular weight is 219 g/mol. The zero-order valence-corrected chi connectivity index (χ0v) is 6.93. The molecule has 0 fully saturated rings. The lowest BCUT2D eigenvalue weighted by atomic mass is 10.4. The quantitative estimate of drug-likeness (QED) is 0.670. The van der Waals surface area contributed by atoms with Gasteiger partial charge >= 0.3 is 16.3 Å². The zero-order chi connectivity index (χ0) is 9.57. The number of rotatable bonds is 1. The first-order valence-corrected chi connectivity index (χ1v) is 3.80. The number of hydrogen-bond acceptors (Lipinski definition) is 3. The Balaban J connectivity index is 2.99. The Morgan fingerprint density at radius 3 is 2.33 bits per heavy atom. The number of alkyl halides is 4. The van der Waals surface area contributed by atoms with E-state index in [9.17, 15) is 18.0 Å². The Morgan fingerprint density at radius 2 is 2.17 bits per heavy atom. The van der Waals surface area contributed by atoms with Gasteiger partial charge in [-0.05, 0) is 23.4 Å². The Bertz CT molecular complexity index is 266. The van der Waals surface area contributed by atoms with Gasteiger partial charge in [-0.2, -0.15) is 13.8 Å². The highest BCUT2D eigenvalue weighted by atomic mass is 35.5. The second kappa shape index (κ2) is 2.53. The molecule has 1 amide bonds. The van der Waals surface area contributed by atoms with Crippen molar-refractivity contribution in [3.05, 3.63) is 0 Å². The highest BCUT2D eigenvalue weighted by molar-refractivity contribution is 8.16. The minimum absolute atomic E-state index is 0.188. The van der Waals surface area contributed by atoms with Crippen molar-refractivity contribution >= 4 is 34.4 Å². The molecule has 2 N–H and O–H groups in total. The summed E-state index contributed by atoms with van der Waals surface area (Å²) >= 11 is 4.17. The van der Waals surface area contributed by atoms with Gasteiger partial charge < -0.3 is 5.73 Å². The van der Waals surface area contributed by atoms with Gasteiger partial charge in [0.25, 0.3) is 0 Å². The lowest BCUT2D eigenvalue weighted by Crippen LogP contribution is -2.41. The summed E-state index contributed by atoms with van der Waals surface area (Å²) in [7, 11) is 0. The van der Waals surface area contributed by atoms with Crippen molar-refractivity contribution in [1.29, 1.82) is 0 Å². The molecule has 0 spiro atoms. The largest absolute Gasteiger partial charge is 0.378 e. The van der Waals surface area contributed by atoms with Gasteiger partial charge in [0.05, 0.1) is 0 Å². The molecule has 0 aromatic carbocycles. The number of thioether (sulfide) groups is 1. The molecule has 1 heterocycles. The monoisotopic (exact) mass is 218 g/mol. The van der Waals surface area contributed by atoms with E-state index in [0.717, 1.165) is 0 Å². The predicted octanol–water partition coefficient (Wildman–Crippen LogP) is 1.07. The molecule has 0 aromatic rings. The van der Waals surface area contributed by atoms with Gasteiger partial charge in [0.15, 0.2) is 5.17 Å². The van der Waals surface area contributed by atoms with Gasteiger partial charge in [-0.3, -0.25) is 4.79 Å². The summed E-state index contributed by atoms with van der Waals surface area (Å²) in [5, 5.41) is -8.42. The summed E-state index contributed by atoms with van der Waals surface area (Å²) in [6.07, 6.45) is 0. The number of aliphatic imine (C=N–C) groups is 1. The third kappa shape index (κ3) is 1.27. The number of nitrogens with two attached hydrogens (primary N) is 1. The molecule has 0 radical (unpaired) electrons. The highest BCUT2D eigenvalue weighted by Gasteiger charge is 2.64. The van der Waals surface area contributed by atoms with Crippen LogP contribution in [0.3, 0.4) is 0 Å². The maximum absolute atomic E-state index is 13.0. The Labute approximate surface area is 74.1 Å². The number of carbonyl (C=O) groups is 1. The molecule has 8 heteroatoms. The van der Waals surface area contributed by atoms with Crippen LogP contribution in [0.2, 0.25) is 0 Å². The number of hydrogen-bond donors (Lipinski definition) is 1. The first-order chi connectivity index (χ1) is 5.27. The van der Waals surface area contributed by atoms with Crippen molar-refractivity contribution in [3.8, 4) is 0 Å². The summed E-state index contributed by atoms with van der Waals surface area (Å²) in [4.78, 5) is 13.3. The molecule has 0 saturated carbocycles. The van der Waals surface area contributed by atoms with Crippen molar-refractivity contribution in [2.75, 3.05) is 0 Å². The van der Waals surface area contributed by atoms with Crippen molar-refractivity contribution < 1.29 is 18.0 Å². The van der Waals surface area contributed by atoms with Gasteiger partial charge in [-0.15, -0.1) is 0 Å². The summed E-state index contributed by atoms with van der Waals surface area (Å²) in [5.74, 6) is -1.66. The topological polar surface area (TPSA) is 55.4 Å². The van der Waals surface area contributed by atoms with E-state index in [2.05, 4.69) is 16.6 Å². The van der Waals surface area contributed by atoms with Crippen LogP contribution in [-0.4, -0.2) is 21.5 Å². The summed E-state index contributed by atoms with van der Waals surface area (Å²) in [6, 6.07) is 0. The summed E-state index contributed by atoms with van der Waals surface area (Å²) < 4.78 is 37.5. The minimum Gasteiger partial charge on any atom is -0.378 e. The number of amides is 1. The van der Waals surface area contributed by atoms with Crippen LogP contribution in [0.5, 0.6) is 0 Å². The minimum atomic E-state index is -4.31. The molecule has 1 atom stereocenters. The molecule has 3 nitrogen and oxygen atoms in total. The van der Waals surface area contributed by atoms with Gasteiger partial charge in [0.1, 0.15) is 0 Å². The first-order valence-electron chi connectivity index (χ1n) is 2.60. The fraction of sp³-hybridized carbons (Fsp3) is 0.500. The van der Waals surface area contributed by atoms with Gasteiger partial charge in [-0.25, -0.2) is 4.39 Å². The van der Waals surface area contributed by atoms with Crippen LogP contribution in [-0.2, 0) is 4.79 Å². The van der Waals surface area contributed by atoms with Crippen LogP contribution in [0.15, 0.2) is 4.99 Å². The molecule has 1 aliphatic rings. The molecule has 12 heavy (non-hydrogen) atoms. The Morgan fingerprint density at radius 1 is 1.67 bits per heavy atom. The fourth-order valence-corrected chi connectivity index (χ4v) is 1.42. The Kier molecular flexibility index (Phi) is 2.03. The maximum Gasteiger partial charge on any atom is 0.374 e. The van der Waals surface area contributed by atoms with Crippen LogP contribution < -0.4 is 5.73 Å². The molecule has 1 rings (SSSR count). The molecule has 0 aliphatic carbocycles.